The lowest BCUT2D eigenvalue weighted by atomic mass is 10.3. The Morgan fingerprint density at radius 1 is 1.50 bits per heavy atom. The maximum atomic E-state index is 5.65. The molecule has 102 valence electrons. The smallest absolute Gasteiger partial charge is 0.123 e. The van der Waals surface area contributed by atoms with Crippen LogP contribution < -0.4 is 0 Å². The van der Waals surface area contributed by atoms with Gasteiger partial charge < -0.3 is 14.0 Å². The van der Waals surface area contributed by atoms with Crippen molar-refractivity contribution < 1.29 is 9.47 Å². The first kappa shape index (κ1) is 13.5. The van der Waals surface area contributed by atoms with E-state index in [4.69, 9.17) is 9.47 Å². The van der Waals surface area contributed by atoms with Gasteiger partial charge in [-0.1, -0.05) is 0 Å². The van der Waals surface area contributed by atoms with E-state index in [1.165, 1.54) is 0 Å². The summed E-state index contributed by atoms with van der Waals surface area (Å²) in [5.41, 5.74) is 0. The first-order chi connectivity index (χ1) is 8.66. The molecule has 1 atom stereocenters. The SMILES string of the molecule is CC(C)n1ccnc1CN(C)C[C@H]1COCCO1. The molecule has 1 aromatic heterocycles. The largest absolute Gasteiger partial charge is 0.376 e. The molecule has 0 amide bonds. The molecule has 1 aliphatic rings. The van der Waals surface area contributed by atoms with Crippen LogP contribution in [0.1, 0.15) is 25.7 Å². The van der Waals surface area contributed by atoms with Gasteiger partial charge in [0.1, 0.15) is 5.82 Å². The number of rotatable bonds is 5. The molecular formula is C13H23N3O2. The lowest BCUT2D eigenvalue weighted by Crippen LogP contribution is -2.38. The van der Waals surface area contributed by atoms with Gasteiger partial charge in [0.25, 0.3) is 0 Å². The quantitative estimate of drug-likeness (QED) is 0.793. The predicted molar refractivity (Wildman–Crippen MR) is 69.5 cm³/mol. The molecule has 1 saturated heterocycles. The summed E-state index contributed by atoms with van der Waals surface area (Å²) >= 11 is 0. The zero-order chi connectivity index (χ0) is 13.0. The Hall–Kier alpha value is -0.910. The monoisotopic (exact) mass is 253 g/mol. The summed E-state index contributed by atoms with van der Waals surface area (Å²) in [6.07, 6.45) is 4.09. The fourth-order valence-corrected chi connectivity index (χ4v) is 2.23. The Morgan fingerprint density at radius 3 is 3.00 bits per heavy atom. The Kier molecular flexibility index (Phi) is 4.74. The average molecular weight is 253 g/mol. The predicted octanol–water partition coefficient (Wildman–Crippen LogP) is 1.31. The maximum Gasteiger partial charge on any atom is 0.123 e. The number of hydrogen-bond acceptors (Lipinski definition) is 4. The molecule has 1 fully saturated rings. The van der Waals surface area contributed by atoms with Crippen molar-refractivity contribution in [3.05, 3.63) is 18.2 Å². The van der Waals surface area contributed by atoms with Crippen LogP contribution in [0.3, 0.4) is 0 Å². The highest BCUT2D eigenvalue weighted by Crippen LogP contribution is 2.11. The summed E-state index contributed by atoms with van der Waals surface area (Å²) in [5.74, 6) is 1.10. The highest BCUT2D eigenvalue weighted by Gasteiger charge is 2.17. The van der Waals surface area contributed by atoms with Gasteiger partial charge in [-0.25, -0.2) is 4.98 Å². The molecule has 0 spiro atoms. The van der Waals surface area contributed by atoms with Crippen molar-refractivity contribution in [2.75, 3.05) is 33.4 Å². The molecule has 0 unspecified atom stereocenters. The maximum absolute atomic E-state index is 5.65. The van der Waals surface area contributed by atoms with Crippen molar-refractivity contribution in [2.24, 2.45) is 0 Å². The van der Waals surface area contributed by atoms with E-state index >= 15 is 0 Å². The molecule has 2 heterocycles. The summed E-state index contributed by atoms with van der Waals surface area (Å²) in [6, 6.07) is 0.449. The first-order valence-corrected chi connectivity index (χ1v) is 6.56. The minimum Gasteiger partial charge on any atom is -0.376 e. The number of imidazole rings is 1. The molecule has 0 aromatic carbocycles. The second-order valence-corrected chi connectivity index (χ2v) is 5.11. The second-order valence-electron chi connectivity index (χ2n) is 5.11. The fraction of sp³-hybridized carbons (Fsp3) is 0.769. The lowest BCUT2D eigenvalue weighted by Gasteiger charge is -2.27. The molecule has 1 aliphatic heterocycles. The second kappa shape index (κ2) is 6.31. The highest BCUT2D eigenvalue weighted by molar-refractivity contribution is 4.94. The van der Waals surface area contributed by atoms with Crippen LogP contribution in [0, 0.1) is 0 Å². The van der Waals surface area contributed by atoms with Gasteiger partial charge in [-0.05, 0) is 20.9 Å². The number of ether oxygens (including phenoxy) is 2. The third-order valence-electron chi connectivity index (χ3n) is 3.12. The lowest BCUT2D eigenvalue weighted by molar-refractivity contribution is -0.0964. The molecule has 18 heavy (non-hydrogen) atoms. The minimum absolute atomic E-state index is 0.186. The van der Waals surface area contributed by atoms with Crippen LogP contribution >= 0.6 is 0 Å². The molecular weight excluding hydrogens is 230 g/mol. The van der Waals surface area contributed by atoms with E-state index in [0.29, 0.717) is 19.3 Å². The van der Waals surface area contributed by atoms with Crippen molar-refractivity contribution in [2.45, 2.75) is 32.5 Å². The van der Waals surface area contributed by atoms with Crippen LogP contribution in [0.2, 0.25) is 0 Å². The fourth-order valence-electron chi connectivity index (χ4n) is 2.23. The Balaban J connectivity index is 1.86. The zero-order valence-corrected chi connectivity index (χ0v) is 11.5. The highest BCUT2D eigenvalue weighted by atomic mass is 16.6. The van der Waals surface area contributed by atoms with Gasteiger partial charge >= 0.3 is 0 Å². The van der Waals surface area contributed by atoms with Crippen LogP contribution in [0.4, 0.5) is 0 Å². The molecule has 0 saturated carbocycles. The van der Waals surface area contributed by atoms with Crippen LogP contribution in [-0.4, -0.2) is 54.0 Å². The summed E-state index contributed by atoms with van der Waals surface area (Å²) in [7, 11) is 2.09. The first-order valence-electron chi connectivity index (χ1n) is 6.56. The van der Waals surface area contributed by atoms with E-state index in [9.17, 15) is 0 Å². The van der Waals surface area contributed by atoms with E-state index in [1.54, 1.807) is 0 Å². The van der Waals surface area contributed by atoms with Crippen molar-refractivity contribution >= 4 is 0 Å². The molecule has 0 N–H and O–H groups in total. The molecule has 5 heteroatoms. The normalized spacial score (nSPS) is 20.8. The van der Waals surface area contributed by atoms with Gasteiger partial charge in [0.05, 0.1) is 32.5 Å². The Labute approximate surface area is 109 Å². The molecule has 1 aromatic rings. The topological polar surface area (TPSA) is 39.5 Å². The van der Waals surface area contributed by atoms with Crippen molar-refractivity contribution in [1.29, 1.82) is 0 Å². The summed E-state index contributed by atoms with van der Waals surface area (Å²) in [5, 5.41) is 0. The molecule has 0 bridgehead atoms. The summed E-state index contributed by atoms with van der Waals surface area (Å²) < 4.78 is 13.3. The van der Waals surface area contributed by atoms with Gasteiger partial charge in [-0.3, -0.25) is 4.90 Å². The van der Waals surface area contributed by atoms with Crippen molar-refractivity contribution in [3.63, 3.8) is 0 Å². The van der Waals surface area contributed by atoms with Crippen LogP contribution in [0.25, 0.3) is 0 Å². The molecule has 2 rings (SSSR count). The van der Waals surface area contributed by atoms with E-state index in [-0.39, 0.29) is 6.10 Å². The van der Waals surface area contributed by atoms with E-state index in [2.05, 4.69) is 35.3 Å². The number of likely N-dealkylation sites (N-methyl/N-ethyl adjacent to an activating group) is 1. The van der Waals surface area contributed by atoms with Crippen molar-refractivity contribution in [3.8, 4) is 0 Å². The minimum atomic E-state index is 0.186. The third-order valence-corrected chi connectivity index (χ3v) is 3.12. The number of aromatic nitrogens is 2. The van der Waals surface area contributed by atoms with Crippen molar-refractivity contribution in [1.82, 2.24) is 14.5 Å². The summed E-state index contributed by atoms with van der Waals surface area (Å²) in [6.45, 7) is 8.18. The summed E-state index contributed by atoms with van der Waals surface area (Å²) in [4.78, 5) is 6.66. The molecule has 0 radical (unpaired) electrons. The average Bonchev–Trinajstić information content (AvgIpc) is 2.78. The van der Waals surface area contributed by atoms with Gasteiger partial charge in [0.2, 0.25) is 0 Å². The van der Waals surface area contributed by atoms with Crippen LogP contribution in [0.15, 0.2) is 12.4 Å². The molecule has 0 aliphatic carbocycles. The van der Waals surface area contributed by atoms with E-state index < -0.39 is 0 Å². The van der Waals surface area contributed by atoms with E-state index in [1.807, 2.05) is 12.4 Å². The Bertz CT molecular complexity index is 359. The standard InChI is InChI=1S/C13H23N3O2/c1-11(2)16-5-4-14-13(16)9-15(3)8-12-10-17-6-7-18-12/h4-5,11-12H,6-10H2,1-3H3/t12-/m0/s1. The van der Waals surface area contributed by atoms with Gasteiger partial charge in [-0.2, -0.15) is 0 Å². The Morgan fingerprint density at radius 2 is 2.33 bits per heavy atom. The van der Waals surface area contributed by atoms with Crippen LogP contribution in [0.5, 0.6) is 0 Å². The van der Waals surface area contributed by atoms with Crippen LogP contribution in [-0.2, 0) is 16.0 Å². The zero-order valence-electron chi connectivity index (χ0n) is 11.5. The van der Waals surface area contributed by atoms with Gasteiger partial charge in [-0.15, -0.1) is 0 Å². The molecule has 5 nitrogen and oxygen atoms in total. The third kappa shape index (κ3) is 3.54. The van der Waals surface area contributed by atoms with Gasteiger partial charge in [0, 0.05) is 25.0 Å². The number of hydrogen-bond donors (Lipinski definition) is 0. The van der Waals surface area contributed by atoms with E-state index in [0.717, 1.165) is 25.5 Å². The number of nitrogens with zero attached hydrogens (tertiary/aromatic N) is 3. The van der Waals surface area contributed by atoms with Gasteiger partial charge in [0.15, 0.2) is 0 Å².